The minimum absolute atomic E-state index is 0.173. The van der Waals surface area contributed by atoms with Crippen molar-refractivity contribution in [3.63, 3.8) is 0 Å². The van der Waals surface area contributed by atoms with Crippen LogP contribution in [0, 0.1) is 11.7 Å². The number of carbonyl (C=O) groups is 1. The van der Waals surface area contributed by atoms with Crippen LogP contribution in [0.3, 0.4) is 0 Å². The standard InChI is InChI=1S/C21H22FN3O/c1-14-8-10-25(11-9-14)17-5-3-16(4-6-17)23-13-19-18-12-15(22)2-7-20(18)24-21(19)26/h2-7,12-14,19H,8-11H2,1H3,(H,24,26). The highest BCUT2D eigenvalue weighted by Crippen LogP contribution is 2.32. The van der Waals surface area contributed by atoms with Gasteiger partial charge in [0.2, 0.25) is 5.91 Å². The smallest absolute Gasteiger partial charge is 0.237 e. The zero-order valence-corrected chi connectivity index (χ0v) is 14.8. The van der Waals surface area contributed by atoms with Crippen LogP contribution in [0.5, 0.6) is 0 Å². The van der Waals surface area contributed by atoms with Crippen LogP contribution in [0.2, 0.25) is 0 Å². The van der Waals surface area contributed by atoms with Crippen LogP contribution in [0.15, 0.2) is 47.5 Å². The molecule has 4 rings (SSSR count). The second-order valence-corrected chi connectivity index (χ2v) is 7.16. The third-order valence-corrected chi connectivity index (χ3v) is 5.26. The zero-order chi connectivity index (χ0) is 18.1. The number of amides is 1. The molecule has 1 N–H and O–H groups in total. The molecule has 2 aromatic rings. The molecule has 26 heavy (non-hydrogen) atoms. The van der Waals surface area contributed by atoms with E-state index in [1.54, 1.807) is 12.3 Å². The lowest BCUT2D eigenvalue weighted by molar-refractivity contribution is -0.115. The van der Waals surface area contributed by atoms with Crippen LogP contribution >= 0.6 is 0 Å². The van der Waals surface area contributed by atoms with Crippen molar-refractivity contribution in [2.75, 3.05) is 23.3 Å². The number of hydrogen-bond donors (Lipinski definition) is 1. The number of fused-ring (bicyclic) bond motifs is 1. The molecule has 1 amide bonds. The summed E-state index contributed by atoms with van der Waals surface area (Å²) in [5, 5.41) is 2.76. The number of benzene rings is 2. The number of halogens is 1. The fraction of sp³-hybridized carbons (Fsp3) is 0.333. The van der Waals surface area contributed by atoms with Crippen molar-refractivity contribution in [3.8, 4) is 0 Å². The van der Waals surface area contributed by atoms with E-state index < -0.39 is 5.92 Å². The van der Waals surface area contributed by atoms with E-state index in [-0.39, 0.29) is 11.7 Å². The number of aliphatic imine (C=N–C) groups is 1. The highest BCUT2D eigenvalue weighted by atomic mass is 19.1. The Morgan fingerprint density at radius 2 is 1.88 bits per heavy atom. The van der Waals surface area contributed by atoms with Gasteiger partial charge in [-0.2, -0.15) is 0 Å². The van der Waals surface area contributed by atoms with E-state index in [4.69, 9.17) is 0 Å². The largest absolute Gasteiger partial charge is 0.372 e. The summed E-state index contributed by atoms with van der Waals surface area (Å²) in [6, 6.07) is 12.4. The van der Waals surface area contributed by atoms with Gasteiger partial charge in [0.25, 0.3) is 0 Å². The molecule has 1 fully saturated rings. The maximum Gasteiger partial charge on any atom is 0.237 e. The molecule has 0 aliphatic carbocycles. The van der Waals surface area contributed by atoms with E-state index in [0.717, 1.165) is 24.7 Å². The van der Waals surface area contributed by atoms with Crippen molar-refractivity contribution >= 4 is 29.2 Å². The quantitative estimate of drug-likeness (QED) is 0.828. The summed E-state index contributed by atoms with van der Waals surface area (Å²) in [5.41, 5.74) is 3.29. The minimum atomic E-state index is -0.552. The number of rotatable bonds is 3. The van der Waals surface area contributed by atoms with Gasteiger partial charge in [0.05, 0.1) is 5.69 Å². The van der Waals surface area contributed by atoms with Crippen molar-refractivity contribution < 1.29 is 9.18 Å². The van der Waals surface area contributed by atoms with E-state index in [0.29, 0.717) is 11.3 Å². The molecule has 0 bridgehead atoms. The second-order valence-electron chi connectivity index (χ2n) is 7.16. The van der Waals surface area contributed by atoms with E-state index in [2.05, 4.69) is 34.3 Å². The van der Waals surface area contributed by atoms with Gasteiger partial charge < -0.3 is 10.2 Å². The van der Waals surface area contributed by atoms with Crippen molar-refractivity contribution in [3.05, 3.63) is 53.8 Å². The summed E-state index contributed by atoms with van der Waals surface area (Å²) in [5.74, 6) is -0.267. The Bertz CT molecular complexity index is 839. The van der Waals surface area contributed by atoms with Gasteiger partial charge in [-0.25, -0.2) is 4.39 Å². The Balaban J connectivity index is 1.48. The molecule has 0 aromatic heterocycles. The summed E-state index contributed by atoms with van der Waals surface area (Å²) >= 11 is 0. The Labute approximate surface area is 152 Å². The summed E-state index contributed by atoms with van der Waals surface area (Å²) in [4.78, 5) is 19.0. The maximum absolute atomic E-state index is 13.5. The third-order valence-electron chi connectivity index (χ3n) is 5.26. The van der Waals surface area contributed by atoms with Gasteiger partial charge in [-0.3, -0.25) is 9.79 Å². The molecule has 2 aromatic carbocycles. The molecule has 0 radical (unpaired) electrons. The molecular formula is C21H22FN3O. The highest BCUT2D eigenvalue weighted by molar-refractivity contribution is 6.12. The fourth-order valence-corrected chi connectivity index (χ4v) is 3.58. The maximum atomic E-state index is 13.5. The molecule has 0 saturated carbocycles. The highest BCUT2D eigenvalue weighted by Gasteiger charge is 2.29. The first-order chi connectivity index (χ1) is 12.6. The Morgan fingerprint density at radius 3 is 2.62 bits per heavy atom. The average molecular weight is 351 g/mol. The van der Waals surface area contributed by atoms with Crippen LogP contribution < -0.4 is 10.2 Å². The van der Waals surface area contributed by atoms with Crippen LogP contribution in [-0.4, -0.2) is 25.2 Å². The second kappa shape index (κ2) is 6.90. The van der Waals surface area contributed by atoms with Gasteiger partial charge in [0, 0.05) is 30.7 Å². The number of piperidine rings is 1. The Morgan fingerprint density at radius 1 is 1.15 bits per heavy atom. The summed E-state index contributed by atoms with van der Waals surface area (Å²) in [6.07, 6.45) is 4.05. The minimum Gasteiger partial charge on any atom is -0.372 e. The summed E-state index contributed by atoms with van der Waals surface area (Å²) in [6.45, 7) is 4.49. The summed E-state index contributed by atoms with van der Waals surface area (Å²) < 4.78 is 13.5. The lowest BCUT2D eigenvalue weighted by Gasteiger charge is -2.32. The predicted octanol–water partition coefficient (Wildman–Crippen LogP) is 4.50. The first-order valence-electron chi connectivity index (χ1n) is 9.09. The van der Waals surface area contributed by atoms with Gasteiger partial charge >= 0.3 is 0 Å². The molecule has 1 unspecified atom stereocenters. The lowest BCUT2D eigenvalue weighted by Crippen LogP contribution is -2.32. The molecule has 2 aliphatic heterocycles. The molecule has 0 spiro atoms. The Hall–Kier alpha value is -2.69. The number of nitrogens with zero attached hydrogens (tertiary/aromatic N) is 2. The van der Waals surface area contributed by atoms with E-state index in [1.165, 1.54) is 30.7 Å². The number of anilines is 2. The fourth-order valence-electron chi connectivity index (χ4n) is 3.58. The zero-order valence-electron chi connectivity index (χ0n) is 14.8. The topological polar surface area (TPSA) is 44.7 Å². The van der Waals surface area contributed by atoms with Gasteiger partial charge in [0.1, 0.15) is 11.7 Å². The SMILES string of the molecule is CC1CCN(c2ccc(N=CC3C(=O)Nc4ccc(F)cc43)cc2)CC1. The number of hydrogen-bond acceptors (Lipinski definition) is 3. The number of carbonyl (C=O) groups excluding carboxylic acids is 1. The monoisotopic (exact) mass is 351 g/mol. The molecule has 1 atom stereocenters. The van der Waals surface area contributed by atoms with Crippen molar-refractivity contribution in [1.29, 1.82) is 0 Å². The van der Waals surface area contributed by atoms with Crippen LogP contribution in [0.4, 0.5) is 21.5 Å². The van der Waals surface area contributed by atoms with Gasteiger partial charge in [-0.05, 0) is 66.8 Å². The number of nitrogens with one attached hydrogen (secondary N) is 1. The predicted molar refractivity (Wildman–Crippen MR) is 103 cm³/mol. The van der Waals surface area contributed by atoms with Crippen LogP contribution in [0.1, 0.15) is 31.2 Å². The molecule has 134 valence electrons. The van der Waals surface area contributed by atoms with Gasteiger partial charge in [0.15, 0.2) is 0 Å². The Kier molecular flexibility index (Phi) is 4.45. The van der Waals surface area contributed by atoms with E-state index in [1.807, 2.05) is 12.1 Å². The van der Waals surface area contributed by atoms with Gasteiger partial charge in [-0.15, -0.1) is 0 Å². The molecule has 2 aliphatic rings. The molecule has 4 nitrogen and oxygen atoms in total. The van der Waals surface area contributed by atoms with Crippen molar-refractivity contribution in [2.45, 2.75) is 25.7 Å². The van der Waals surface area contributed by atoms with Crippen LogP contribution in [-0.2, 0) is 4.79 Å². The average Bonchev–Trinajstić information content (AvgIpc) is 2.96. The third kappa shape index (κ3) is 3.34. The van der Waals surface area contributed by atoms with Crippen molar-refractivity contribution in [2.24, 2.45) is 10.9 Å². The molecule has 2 heterocycles. The van der Waals surface area contributed by atoms with Crippen molar-refractivity contribution in [1.82, 2.24) is 0 Å². The first-order valence-corrected chi connectivity index (χ1v) is 9.09. The molecule has 5 heteroatoms. The molecule has 1 saturated heterocycles. The molecular weight excluding hydrogens is 329 g/mol. The van der Waals surface area contributed by atoms with Gasteiger partial charge in [-0.1, -0.05) is 6.92 Å². The van der Waals surface area contributed by atoms with Crippen LogP contribution in [0.25, 0.3) is 0 Å². The van der Waals surface area contributed by atoms with E-state index >= 15 is 0 Å². The van der Waals surface area contributed by atoms with E-state index in [9.17, 15) is 9.18 Å². The normalized spacial score (nSPS) is 20.5. The first kappa shape index (κ1) is 16.8. The summed E-state index contributed by atoms with van der Waals surface area (Å²) in [7, 11) is 0. The lowest BCUT2D eigenvalue weighted by atomic mass is 9.99.